The van der Waals surface area contributed by atoms with Crippen LogP contribution in [0.4, 0.5) is 5.82 Å². The average molecular weight is 246 g/mol. The number of anilines is 1. The van der Waals surface area contributed by atoms with E-state index in [4.69, 9.17) is 15.0 Å². The topological polar surface area (TPSA) is 87.1 Å². The van der Waals surface area contributed by atoms with Crippen LogP contribution in [0.2, 0.25) is 0 Å². The Bertz CT molecular complexity index is 534. The first-order chi connectivity index (χ1) is 8.83. The van der Waals surface area contributed by atoms with Crippen molar-refractivity contribution in [1.29, 1.82) is 0 Å². The largest absolute Gasteiger partial charge is 0.384 e. The Morgan fingerprint density at radius 3 is 3.00 bits per heavy atom. The molecule has 2 N–H and O–H groups in total. The van der Waals surface area contributed by atoms with E-state index in [1.165, 1.54) is 0 Å². The van der Waals surface area contributed by atoms with Crippen molar-refractivity contribution in [3.8, 4) is 11.6 Å². The minimum atomic E-state index is 0.220. The van der Waals surface area contributed by atoms with E-state index in [2.05, 4.69) is 15.1 Å². The number of nitrogens with two attached hydrogens (primary N) is 1. The Hall–Kier alpha value is -1.95. The molecule has 1 atom stereocenters. The summed E-state index contributed by atoms with van der Waals surface area (Å²) in [5.74, 6) is 1.75. The average Bonchev–Trinajstić information content (AvgIpc) is 2.89. The van der Waals surface area contributed by atoms with Gasteiger partial charge in [0.25, 0.3) is 5.89 Å². The maximum atomic E-state index is 5.62. The van der Waals surface area contributed by atoms with Gasteiger partial charge in [0.05, 0.1) is 6.61 Å². The van der Waals surface area contributed by atoms with Crippen LogP contribution < -0.4 is 5.73 Å². The third-order valence-corrected chi connectivity index (χ3v) is 2.96. The van der Waals surface area contributed by atoms with E-state index in [0.29, 0.717) is 29.8 Å². The van der Waals surface area contributed by atoms with E-state index in [9.17, 15) is 0 Å². The van der Waals surface area contributed by atoms with Crippen molar-refractivity contribution in [3.63, 3.8) is 0 Å². The molecule has 0 amide bonds. The van der Waals surface area contributed by atoms with Crippen LogP contribution in [0.1, 0.15) is 24.6 Å². The molecule has 6 nitrogen and oxygen atoms in total. The first-order valence-electron chi connectivity index (χ1n) is 5.97. The smallest absolute Gasteiger partial charge is 0.276 e. The van der Waals surface area contributed by atoms with Gasteiger partial charge in [-0.2, -0.15) is 4.98 Å². The number of hydrogen-bond acceptors (Lipinski definition) is 6. The van der Waals surface area contributed by atoms with Crippen molar-refractivity contribution in [2.24, 2.45) is 0 Å². The fourth-order valence-electron chi connectivity index (χ4n) is 2.02. The predicted molar refractivity (Wildman–Crippen MR) is 64.7 cm³/mol. The van der Waals surface area contributed by atoms with Crippen LogP contribution in [-0.2, 0) is 4.74 Å². The predicted octanol–water partition coefficient (Wildman–Crippen LogP) is 1.61. The molecule has 1 aliphatic rings. The Morgan fingerprint density at radius 2 is 2.22 bits per heavy atom. The zero-order chi connectivity index (χ0) is 12.4. The molecule has 1 saturated heterocycles. The van der Waals surface area contributed by atoms with E-state index in [0.717, 1.165) is 19.4 Å². The van der Waals surface area contributed by atoms with Gasteiger partial charge < -0.3 is 15.0 Å². The molecule has 0 aromatic carbocycles. The number of hydrogen-bond donors (Lipinski definition) is 1. The van der Waals surface area contributed by atoms with Crippen LogP contribution in [0.3, 0.4) is 0 Å². The monoisotopic (exact) mass is 246 g/mol. The Labute approximate surface area is 104 Å². The summed E-state index contributed by atoms with van der Waals surface area (Å²) >= 11 is 0. The van der Waals surface area contributed by atoms with Crippen molar-refractivity contribution in [1.82, 2.24) is 15.1 Å². The molecule has 2 aromatic heterocycles. The van der Waals surface area contributed by atoms with E-state index in [1.807, 2.05) is 6.07 Å². The number of rotatable bonds is 2. The maximum absolute atomic E-state index is 5.62. The van der Waals surface area contributed by atoms with Gasteiger partial charge in [-0.15, -0.1) is 0 Å². The van der Waals surface area contributed by atoms with Gasteiger partial charge in [-0.05, 0) is 25.0 Å². The third kappa shape index (κ3) is 2.19. The Balaban J connectivity index is 1.84. The number of nitrogens with zero attached hydrogens (tertiary/aromatic N) is 3. The zero-order valence-electron chi connectivity index (χ0n) is 9.87. The van der Waals surface area contributed by atoms with Gasteiger partial charge in [-0.3, -0.25) is 0 Å². The quantitative estimate of drug-likeness (QED) is 0.866. The van der Waals surface area contributed by atoms with E-state index in [-0.39, 0.29) is 5.92 Å². The zero-order valence-corrected chi connectivity index (χ0v) is 9.87. The summed E-state index contributed by atoms with van der Waals surface area (Å²) in [5, 5.41) is 4.00. The molecule has 1 unspecified atom stereocenters. The van der Waals surface area contributed by atoms with Crippen molar-refractivity contribution in [2.45, 2.75) is 18.8 Å². The third-order valence-electron chi connectivity index (χ3n) is 2.96. The van der Waals surface area contributed by atoms with Crippen molar-refractivity contribution in [2.75, 3.05) is 18.9 Å². The molecule has 18 heavy (non-hydrogen) atoms. The second kappa shape index (κ2) is 4.73. The molecule has 6 heteroatoms. The SMILES string of the molecule is Nc1cccc(-c2nc(C3CCCOC3)no2)n1. The molecule has 2 aromatic rings. The van der Waals surface area contributed by atoms with Crippen molar-refractivity contribution in [3.05, 3.63) is 24.0 Å². The van der Waals surface area contributed by atoms with Crippen LogP contribution >= 0.6 is 0 Å². The standard InChI is InChI=1S/C12H14N4O2/c13-10-5-1-4-9(14-10)12-15-11(16-18-12)8-3-2-6-17-7-8/h1,4-5,8H,2-3,6-7H2,(H2,13,14). The lowest BCUT2D eigenvalue weighted by molar-refractivity contribution is 0.0773. The summed E-state index contributed by atoms with van der Waals surface area (Å²) in [6, 6.07) is 5.33. The molecule has 3 heterocycles. The number of ether oxygens (including phenoxy) is 1. The van der Waals surface area contributed by atoms with Gasteiger partial charge in [0.1, 0.15) is 11.5 Å². The molecular weight excluding hydrogens is 232 g/mol. The molecule has 0 bridgehead atoms. The Morgan fingerprint density at radius 1 is 1.28 bits per heavy atom. The van der Waals surface area contributed by atoms with Gasteiger partial charge in [0, 0.05) is 12.5 Å². The van der Waals surface area contributed by atoms with Crippen LogP contribution in [0.5, 0.6) is 0 Å². The summed E-state index contributed by atoms with van der Waals surface area (Å²) < 4.78 is 10.6. The maximum Gasteiger partial charge on any atom is 0.276 e. The highest BCUT2D eigenvalue weighted by atomic mass is 16.5. The molecule has 0 radical (unpaired) electrons. The lowest BCUT2D eigenvalue weighted by Gasteiger charge is -2.18. The summed E-state index contributed by atoms with van der Waals surface area (Å²) in [6.07, 6.45) is 2.06. The molecule has 3 rings (SSSR count). The lowest BCUT2D eigenvalue weighted by atomic mass is 10.0. The summed E-state index contributed by atoms with van der Waals surface area (Å²) in [7, 11) is 0. The second-order valence-electron chi connectivity index (χ2n) is 4.32. The van der Waals surface area contributed by atoms with Gasteiger partial charge in [-0.25, -0.2) is 4.98 Å². The van der Waals surface area contributed by atoms with E-state index in [1.54, 1.807) is 12.1 Å². The first kappa shape index (κ1) is 11.2. The highest BCUT2D eigenvalue weighted by Crippen LogP contribution is 2.25. The second-order valence-corrected chi connectivity index (χ2v) is 4.32. The molecular formula is C12H14N4O2. The summed E-state index contributed by atoms with van der Waals surface area (Å²) in [5.41, 5.74) is 6.23. The minimum Gasteiger partial charge on any atom is -0.384 e. The number of nitrogen functional groups attached to an aromatic ring is 1. The highest BCUT2D eigenvalue weighted by Gasteiger charge is 2.22. The fourth-order valence-corrected chi connectivity index (χ4v) is 2.02. The number of aromatic nitrogens is 3. The normalized spacial score (nSPS) is 19.9. The van der Waals surface area contributed by atoms with Gasteiger partial charge in [0.2, 0.25) is 0 Å². The molecule has 94 valence electrons. The first-order valence-corrected chi connectivity index (χ1v) is 5.97. The fraction of sp³-hybridized carbons (Fsp3) is 0.417. The summed E-state index contributed by atoms with van der Waals surface area (Å²) in [6.45, 7) is 1.47. The molecule has 0 saturated carbocycles. The highest BCUT2D eigenvalue weighted by molar-refractivity contribution is 5.50. The molecule has 1 fully saturated rings. The summed E-state index contributed by atoms with van der Waals surface area (Å²) in [4.78, 5) is 8.52. The molecule has 0 aliphatic carbocycles. The van der Waals surface area contributed by atoms with Crippen LogP contribution in [0.15, 0.2) is 22.7 Å². The van der Waals surface area contributed by atoms with Crippen molar-refractivity contribution >= 4 is 5.82 Å². The minimum absolute atomic E-state index is 0.220. The van der Waals surface area contributed by atoms with E-state index >= 15 is 0 Å². The molecule has 1 aliphatic heterocycles. The number of pyridine rings is 1. The van der Waals surface area contributed by atoms with E-state index < -0.39 is 0 Å². The van der Waals surface area contributed by atoms with Crippen LogP contribution in [-0.4, -0.2) is 28.3 Å². The lowest BCUT2D eigenvalue weighted by Crippen LogP contribution is -2.16. The molecule has 0 spiro atoms. The van der Waals surface area contributed by atoms with Crippen molar-refractivity contribution < 1.29 is 9.26 Å². The van der Waals surface area contributed by atoms with Crippen LogP contribution in [0.25, 0.3) is 11.6 Å². The Kier molecular flexibility index (Phi) is 2.93. The van der Waals surface area contributed by atoms with Gasteiger partial charge in [-0.1, -0.05) is 11.2 Å². The van der Waals surface area contributed by atoms with Gasteiger partial charge >= 0.3 is 0 Å². The van der Waals surface area contributed by atoms with Gasteiger partial charge in [0.15, 0.2) is 5.82 Å². The van der Waals surface area contributed by atoms with Crippen LogP contribution in [0, 0.1) is 0 Å².